The Balaban J connectivity index is 1.51. The van der Waals surface area contributed by atoms with E-state index in [0.717, 1.165) is 22.4 Å². The fraction of sp³-hybridized carbons (Fsp3) is 0.250. The molecule has 0 aliphatic heterocycles. The molecule has 172 valence electrons. The molecule has 9 heteroatoms. The van der Waals surface area contributed by atoms with E-state index in [9.17, 15) is 9.59 Å². The molecule has 0 spiro atoms. The smallest absolute Gasteiger partial charge is 0.306 e. The molecule has 33 heavy (non-hydrogen) atoms. The second-order valence-electron chi connectivity index (χ2n) is 7.22. The van der Waals surface area contributed by atoms with Gasteiger partial charge in [-0.3, -0.25) is 9.59 Å². The molecule has 0 radical (unpaired) electrons. The van der Waals surface area contributed by atoms with Crippen LogP contribution in [0.5, 0.6) is 11.6 Å². The number of ether oxygens (including phenoxy) is 2. The SMILES string of the molecule is Cc1nn(C)c(Oc2ccccc2)c1/C=N/OCc1ccc(COC(=O)CCC(=O)O)cc1. The first-order chi connectivity index (χ1) is 15.9. The fourth-order valence-electron chi connectivity index (χ4n) is 2.90. The maximum absolute atomic E-state index is 11.5. The number of nitrogens with zero attached hydrogens (tertiary/aromatic N) is 3. The van der Waals surface area contributed by atoms with Crippen LogP contribution in [-0.2, 0) is 39.4 Å². The minimum absolute atomic E-state index is 0.0855. The van der Waals surface area contributed by atoms with Crippen LogP contribution in [0, 0.1) is 6.92 Å². The van der Waals surface area contributed by atoms with Gasteiger partial charge >= 0.3 is 11.9 Å². The second-order valence-corrected chi connectivity index (χ2v) is 7.22. The Hall–Kier alpha value is -4.14. The number of carbonyl (C=O) groups is 2. The number of aryl methyl sites for hydroxylation is 2. The molecule has 0 amide bonds. The van der Waals surface area contributed by atoms with E-state index in [4.69, 9.17) is 19.4 Å². The van der Waals surface area contributed by atoms with Gasteiger partial charge in [-0.05, 0) is 30.2 Å². The van der Waals surface area contributed by atoms with Crippen LogP contribution in [0.2, 0.25) is 0 Å². The highest BCUT2D eigenvalue weighted by atomic mass is 16.6. The number of rotatable bonds is 11. The van der Waals surface area contributed by atoms with Crippen molar-refractivity contribution in [2.75, 3.05) is 0 Å². The number of carboxylic acids is 1. The average molecular weight is 451 g/mol. The zero-order valence-electron chi connectivity index (χ0n) is 18.4. The number of benzene rings is 2. The number of hydrogen-bond donors (Lipinski definition) is 1. The van der Waals surface area contributed by atoms with Crippen molar-refractivity contribution in [1.82, 2.24) is 9.78 Å². The molecule has 0 atom stereocenters. The third kappa shape index (κ3) is 7.20. The van der Waals surface area contributed by atoms with E-state index in [2.05, 4.69) is 10.3 Å². The molecule has 2 aromatic carbocycles. The van der Waals surface area contributed by atoms with Crippen LogP contribution in [0.25, 0.3) is 0 Å². The van der Waals surface area contributed by atoms with Crippen molar-refractivity contribution in [3.63, 3.8) is 0 Å². The highest BCUT2D eigenvalue weighted by Crippen LogP contribution is 2.25. The molecule has 0 aliphatic rings. The van der Waals surface area contributed by atoms with Crippen molar-refractivity contribution in [2.45, 2.75) is 33.0 Å². The van der Waals surface area contributed by atoms with E-state index < -0.39 is 11.9 Å². The molecule has 3 rings (SSSR count). The van der Waals surface area contributed by atoms with Crippen molar-refractivity contribution in [3.05, 3.63) is 77.0 Å². The Morgan fingerprint density at radius 2 is 1.70 bits per heavy atom. The number of carbonyl (C=O) groups excluding carboxylic acids is 1. The second kappa shape index (κ2) is 11.5. The zero-order valence-corrected chi connectivity index (χ0v) is 18.4. The average Bonchev–Trinajstić information content (AvgIpc) is 3.07. The van der Waals surface area contributed by atoms with Gasteiger partial charge in [-0.15, -0.1) is 0 Å². The summed E-state index contributed by atoms with van der Waals surface area (Å²) >= 11 is 0. The van der Waals surface area contributed by atoms with Crippen molar-refractivity contribution in [1.29, 1.82) is 0 Å². The predicted octanol–water partition coefficient (Wildman–Crippen LogP) is 3.98. The van der Waals surface area contributed by atoms with Crippen molar-refractivity contribution >= 4 is 18.2 Å². The monoisotopic (exact) mass is 451 g/mol. The first kappa shape index (κ1) is 23.5. The molecular formula is C24H25N3O6. The number of hydrogen-bond acceptors (Lipinski definition) is 7. The lowest BCUT2D eigenvalue weighted by Gasteiger charge is -2.07. The number of aliphatic carboxylic acids is 1. The van der Waals surface area contributed by atoms with E-state index >= 15 is 0 Å². The van der Waals surface area contributed by atoms with Crippen LogP contribution in [0.3, 0.4) is 0 Å². The summed E-state index contributed by atoms with van der Waals surface area (Å²) in [6.07, 6.45) is 1.19. The fourth-order valence-corrected chi connectivity index (χ4v) is 2.90. The Kier molecular flexibility index (Phi) is 8.18. The van der Waals surface area contributed by atoms with Crippen LogP contribution in [0.1, 0.15) is 35.2 Å². The molecule has 9 nitrogen and oxygen atoms in total. The van der Waals surface area contributed by atoms with Crippen LogP contribution in [0.15, 0.2) is 59.8 Å². The summed E-state index contributed by atoms with van der Waals surface area (Å²) in [5.74, 6) is -0.310. The summed E-state index contributed by atoms with van der Waals surface area (Å²) in [5.41, 5.74) is 3.16. The quantitative estimate of drug-likeness (QED) is 0.267. The maximum Gasteiger partial charge on any atom is 0.306 e. The van der Waals surface area contributed by atoms with Crippen LogP contribution in [-0.4, -0.2) is 33.0 Å². The lowest BCUT2D eigenvalue weighted by molar-refractivity contribution is -0.148. The standard InChI is InChI=1S/C24H25N3O6/c1-17-21(24(27(2)26-17)33-20-6-4-3-5-7-20)14-25-32-16-19-10-8-18(9-11-19)15-31-23(30)13-12-22(28)29/h3-11,14H,12-13,15-16H2,1-2H3,(H,28,29)/b25-14+. The normalized spacial score (nSPS) is 10.8. The summed E-state index contributed by atoms with van der Waals surface area (Å²) in [6.45, 7) is 2.21. The third-order valence-electron chi connectivity index (χ3n) is 4.63. The molecule has 0 saturated heterocycles. The third-order valence-corrected chi connectivity index (χ3v) is 4.63. The minimum atomic E-state index is -1.03. The van der Waals surface area contributed by atoms with Gasteiger partial charge in [0.1, 0.15) is 19.0 Å². The van der Waals surface area contributed by atoms with Crippen molar-refractivity contribution in [3.8, 4) is 11.6 Å². The first-order valence-electron chi connectivity index (χ1n) is 10.3. The lowest BCUT2D eigenvalue weighted by Crippen LogP contribution is -2.07. The van der Waals surface area contributed by atoms with Gasteiger partial charge in [0.05, 0.1) is 30.3 Å². The number of oxime groups is 1. The van der Waals surface area contributed by atoms with Gasteiger partial charge in [-0.25, -0.2) is 4.68 Å². The maximum atomic E-state index is 11.5. The van der Waals surface area contributed by atoms with E-state index in [-0.39, 0.29) is 26.1 Å². The number of para-hydroxylation sites is 1. The highest BCUT2D eigenvalue weighted by molar-refractivity contribution is 5.84. The first-order valence-corrected chi connectivity index (χ1v) is 10.3. The lowest BCUT2D eigenvalue weighted by atomic mass is 10.1. The molecule has 0 fully saturated rings. The molecule has 0 saturated carbocycles. The van der Waals surface area contributed by atoms with Crippen LogP contribution < -0.4 is 4.74 Å². The van der Waals surface area contributed by atoms with Gasteiger partial charge in [0, 0.05) is 7.05 Å². The molecule has 3 aromatic rings. The van der Waals surface area contributed by atoms with Gasteiger partial charge in [0.2, 0.25) is 5.88 Å². The van der Waals surface area contributed by atoms with Gasteiger partial charge in [0.15, 0.2) is 0 Å². The molecule has 1 heterocycles. The highest BCUT2D eigenvalue weighted by Gasteiger charge is 2.14. The number of carboxylic acid groups (broad SMARTS) is 1. The van der Waals surface area contributed by atoms with Crippen molar-refractivity contribution < 1.29 is 29.0 Å². The molecule has 0 aliphatic carbocycles. The largest absolute Gasteiger partial charge is 0.481 e. The van der Waals surface area contributed by atoms with Gasteiger partial charge in [-0.2, -0.15) is 5.10 Å². The van der Waals surface area contributed by atoms with Crippen molar-refractivity contribution in [2.24, 2.45) is 12.2 Å². The van der Waals surface area contributed by atoms with Gasteiger partial charge < -0.3 is 19.4 Å². The van der Waals surface area contributed by atoms with E-state index in [1.165, 1.54) is 0 Å². The molecule has 1 aromatic heterocycles. The molecule has 1 N–H and O–H groups in total. The summed E-state index contributed by atoms with van der Waals surface area (Å²) in [7, 11) is 1.80. The number of esters is 1. The van der Waals surface area contributed by atoms with Gasteiger partial charge in [0.25, 0.3) is 0 Å². The Morgan fingerprint density at radius 1 is 1.03 bits per heavy atom. The molecular weight excluding hydrogens is 426 g/mol. The summed E-state index contributed by atoms with van der Waals surface area (Å²) in [6, 6.07) is 16.7. The Labute approximate surface area is 191 Å². The summed E-state index contributed by atoms with van der Waals surface area (Å²) in [4.78, 5) is 27.4. The van der Waals surface area contributed by atoms with E-state index in [1.807, 2.05) is 61.5 Å². The zero-order chi connectivity index (χ0) is 23.6. The van der Waals surface area contributed by atoms with Crippen LogP contribution >= 0.6 is 0 Å². The summed E-state index contributed by atoms with van der Waals surface area (Å²) in [5, 5.41) is 17.0. The van der Waals surface area contributed by atoms with E-state index in [1.54, 1.807) is 17.9 Å². The Bertz CT molecular complexity index is 1110. The predicted molar refractivity (Wildman–Crippen MR) is 120 cm³/mol. The number of aromatic nitrogens is 2. The summed E-state index contributed by atoms with van der Waals surface area (Å²) < 4.78 is 12.7. The molecule has 0 bridgehead atoms. The van der Waals surface area contributed by atoms with E-state index in [0.29, 0.717) is 11.6 Å². The topological polar surface area (TPSA) is 112 Å². The molecule has 0 unspecified atom stereocenters. The van der Waals surface area contributed by atoms with Gasteiger partial charge in [-0.1, -0.05) is 47.6 Å². The Morgan fingerprint density at radius 3 is 2.36 bits per heavy atom. The van der Waals surface area contributed by atoms with Crippen LogP contribution in [0.4, 0.5) is 0 Å². The minimum Gasteiger partial charge on any atom is -0.481 e.